The minimum atomic E-state index is -0.563. The third-order valence-corrected chi connectivity index (χ3v) is 4.63. The predicted molar refractivity (Wildman–Crippen MR) is 105 cm³/mol. The average molecular weight is 384 g/mol. The molecular formula is C19H24N6O3. The molecule has 0 aliphatic carbocycles. The molecule has 1 amide bonds. The Morgan fingerprint density at radius 1 is 1.14 bits per heavy atom. The lowest BCUT2D eigenvalue weighted by Gasteiger charge is -2.34. The second kappa shape index (κ2) is 9.65. The molecule has 1 fully saturated rings. The van der Waals surface area contributed by atoms with Crippen LogP contribution in [0.1, 0.15) is 29.6 Å². The van der Waals surface area contributed by atoms with Gasteiger partial charge in [-0.25, -0.2) is 9.97 Å². The smallest absolute Gasteiger partial charge is 0.326 e. The molecule has 28 heavy (non-hydrogen) atoms. The number of nitrogens with one attached hydrogen (secondary N) is 2. The van der Waals surface area contributed by atoms with Gasteiger partial charge in [-0.2, -0.15) is 5.90 Å². The SMILES string of the molecule is NOC(=O)CCNC(=O)c1ccc(N2CCC(Nc3ncccn3)CC2)cc1. The van der Waals surface area contributed by atoms with E-state index in [0.717, 1.165) is 31.6 Å². The van der Waals surface area contributed by atoms with E-state index >= 15 is 0 Å². The van der Waals surface area contributed by atoms with E-state index in [4.69, 9.17) is 5.90 Å². The summed E-state index contributed by atoms with van der Waals surface area (Å²) in [7, 11) is 0. The zero-order valence-corrected chi connectivity index (χ0v) is 15.5. The summed E-state index contributed by atoms with van der Waals surface area (Å²) < 4.78 is 0. The lowest BCUT2D eigenvalue weighted by atomic mass is 10.0. The predicted octanol–water partition coefficient (Wildman–Crippen LogP) is 1.09. The Morgan fingerprint density at radius 2 is 1.82 bits per heavy atom. The monoisotopic (exact) mass is 384 g/mol. The maximum absolute atomic E-state index is 12.1. The zero-order valence-electron chi connectivity index (χ0n) is 15.5. The van der Waals surface area contributed by atoms with E-state index in [1.165, 1.54) is 0 Å². The quantitative estimate of drug-likeness (QED) is 0.607. The number of benzene rings is 1. The van der Waals surface area contributed by atoms with Gasteiger partial charge in [0.25, 0.3) is 5.91 Å². The highest BCUT2D eigenvalue weighted by molar-refractivity contribution is 5.94. The van der Waals surface area contributed by atoms with E-state index in [1.54, 1.807) is 30.6 Å². The third kappa shape index (κ3) is 5.40. The van der Waals surface area contributed by atoms with E-state index in [9.17, 15) is 9.59 Å². The number of amides is 1. The van der Waals surface area contributed by atoms with E-state index in [-0.39, 0.29) is 18.9 Å². The number of hydrogen-bond acceptors (Lipinski definition) is 8. The van der Waals surface area contributed by atoms with Crippen LogP contribution in [0.15, 0.2) is 42.7 Å². The lowest BCUT2D eigenvalue weighted by molar-refractivity contribution is -0.144. The van der Waals surface area contributed by atoms with Gasteiger partial charge in [0.1, 0.15) is 0 Å². The summed E-state index contributed by atoms with van der Waals surface area (Å²) in [6.45, 7) is 2.01. The number of carbonyl (C=O) groups excluding carboxylic acids is 2. The topological polar surface area (TPSA) is 122 Å². The van der Waals surface area contributed by atoms with Crippen molar-refractivity contribution in [1.82, 2.24) is 15.3 Å². The van der Waals surface area contributed by atoms with Gasteiger partial charge in [0.05, 0.1) is 6.42 Å². The fourth-order valence-corrected chi connectivity index (χ4v) is 3.10. The zero-order chi connectivity index (χ0) is 19.8. The molecule has 148 valence electrons. The van der Waals surface area contributed by atoms with Gasteiger partial charge in [-0.15, -0.1) is 0 Å². The van der Waals surface area contributed by atoms with Crippen molar-refractivity contribution in [2.24, 2.45) is 5.90 Å². The molecule has 0 atom stereocenters. The molecule has 0 bridgehead atoms. The Hall–Kier alpha value is -3.20. The molecule has 3 rings (SSSR count). The normalized spacial score (nSPS) is 14.4. The molecule has 0 unspecified atom stereocenters. The van der Waals surface area contributed by atoms with Crippen LogP contribution in [0.2, 0.25) is 0 Å². The summed E-state index contributed by atoms with van der Waals surface area (Å²) >= 11 is 0. The number of nitrogens with two attached hydrogens (primary N) is 1. The first-order chi connectivity index (χ1) is 13.7. The van der Waals surface area contributed by atoms with Gasteiger partial charge in [-0.1, -0.05) is 0 Å². The average Bonchev–Trinajstić information content (AvgIpc) is 2.75. The number of piperidine rings is 1. The van der Waals surface area contributed by atoms with Crippen molar-refractivity contribution in [2.45, 2.75) is 25.3 Å². The van der Waals surface area contributed by atoms with Gasteiger partial charge in [-0.05, 0) is 43.2 Å². The molecule has 2 aromatic rings. The summed E-state index contributed by atoms with van der Waals surface area (Å²) in [4.78, 5) is 37.8. The molecule has 4 N–H and O–H groups in total. The highest BCUT2D eigenvalue weighted by Crippen LogP contribution is 2.21. The van der Waals surface area contributed by atoms with E-state index in [1.807, 2.05) is 12.1 Å². The van der Waals surface area contributed by atoms with Crippen molar-refractivity contribution in [3.05, 3.63) is 48.3 Å². The number of anilines is 2. The summed E-state index contributed by atoms with van der Waals surface area (Å²) in [5, 5.41) is 6.03. The minimum absolute atomic E-state index is 0.0390. The largest absolute Gasteiger partial charge is 0.373 e. The first kappa shape index (κ1) is 19.6. The molecule has 1 aromatic carbocycles. The molecule has 1 aliphatic rings. The van der Waals surface area contributed by atoms with Gasteiger partial charge in [0.15, 0.2) is 0 Å². The van der Waals surface area contributed by atoms with Crippen LogP contribution in [-0.2, 0) is 9.63 Å². The Labute approximate surface area is 163 Å². The maximum atomic E-state index is 12.1. The molecule has 9 nitrogen and oxygen atoms in total. The lowest BCUT2D eigenvalue weighted by Crippen LogP contribution is -2.39. The number of nitrogens with zero attached hydrogens (tertiary/aromatic N) is 3. The van der Waals surface area contributed by atoms with E-state index < -0.39 is 5.97 Å². The number of carbonyl (C=O) groups is 2. The Balaban J connectivity index is 1.46. The van der Waals surface area contributed by atoms with Crippen molar-refractivity contribution < 1.29 is 14.4 Å². The number of hydrogen-bond donors (Lipinski definition) is 3. The minimum Gasteiger partial charge on any atom is -0.373 e. The van der Waals surface area contributed by atoms with Crippen molar-refractivity contribution >= 4 is 23.5 Å². The van der Waals surface area contributed by atoms with Crippen LogP contribution in [-0.4, -0.2) is 47.5 Å². The van der Waals surface area contributed by atoms with Crippen LogP contribution in [0.25, 0.3) is 0 Å². The summed E-state index contributed by atoms with van der Waals surface area (Å²) in [6.07, 6.45) is 5.46. The van der Waals surface area contributed by atoms with Crippen molar-refractivity contribution in [2.75, 3.05) is 29.9 Å². The van der Waals surface area contributed by atoms with Gasteiger partial charge in [-0.3, -0.25) is 9.59 Å². The fraction of sp³-hybridized carbons (Fsp3) is 0.368. The molecule has 1 aliphatic heterocycles. The Kier molecular flexibility index (Phi) is 6.74. The van der Waals surface area contributed by atoms with E-state index in [2.05, 4.69) is 30.3 Å². The molecular weight excluding hydrogens is 360 g/mol. The van der Waals surface area contributed by atoms with Crippen LogP contribution >= 0.6 is 0 Å². The second-order valence-corrected chi connectivity index (χ2v) is 6.52. The maximum Gasteiger partial charge on any atom is 0.326 e. The highest BCUT2D eigenvalue weighted by Gasteiger charge is 2.20. The first-order valence-electron chi connectivity index (χ1n) is 9.22. The Bertz CT molecular complexity index is 776. The standard InChI is InChI=1S/C19H24N6O3/c20-28-17(26)6-11-21-18(27)14-2-4-16(5-3-14)25-12-7-15(8-13-25)24-19-22-9-1-10-23-19/h1-5,9-10,15H,6-8,11-13,20H2,(H,21,27)(H,22,23,24). The molecule has 1 aromatic heterocycles. The fourth-order valence-electron chi connectivity index (χ4n) is 3.10. The molecule has 0 radical (unpaired) electrons. The Morgan fingerprint density at radius 3 is 2.46 bits per heavy atom. The molecule has 0 spiro atoms. The number of rotatable bonds is 7. The third-order valence-electron chi connectivity index (χ3n) is 4.63. The van der Waals surface area contributed by atoms with Crippen LogP contribution < -0.4 is 21.4 Å². The van der Waals surface area contributed by atoms with Gasteiger partial charge >= 0.3 is 5.97 Å². The summed E-state index contributed by atoms with van der Waals surface area (Å²) in [6, 6.07) is 9.60. The van der Waals surface area contributed by atoms with Crippen molar-refractivity contribution in [3.8, 4) is 0 Å². The van der Waals surface area contributed by atoms with Gasteiger partial charge < -0.3 is 20.4 Å². The highest BCUT2D eigenvalue weighted by atomic mass is 16.7. The van der Waals surface area contributed by atoms with Gasteiger partial charge in [0, 0.05) is 49.3 Å². The van der Waals surface area contributed by atoms with Crippen LogP contribution in [0, 0.1) is 0 Å². The molecule has 2 heterocycles. The molecule has 9 heteroatoms. The summed E-state index contributed by atoms with van der Waals surface area (Å²) in [5.74, 6) is 4.62. The van der Waals surface area contributed by atoms with E-state index in [0.29, 0.717) is 17.6 Å². The van der Waals surface area contributed by atoms with Gasteiger partial charge in [0.2, 0.25) is 5.95 Å². The molecule has 1 saturated heterocycles. The second-order valence-electron chi connectivity index (χ2n) is 6.52. The van der Waals surface area contributed by atoms with Crippen LogP contribution in [0.4, 0.5) is 11.6 Å². The van der Waals surface area contributed by atoms with Crippen LogP contribution in [0.5, 0.6) is 0 Å². The molecule has 0 saturated carbocycles. The van der Waals surface area contributed by atoms with Crippen LogP contribution in [0.3, 0.4) is 0 Å². The van der Waals surface area contributed by atoms with Crippen molar-refractivity contribution in [3.63, 3.8) is 0 Å². The number of aromatic nitrogens is 2. The summed E-state index contributed by atoms with van der Waals surface area (Å²) in [5.41, 5.74) is 1.63. The first-order valence-corrected chi connectivity index (χ1v) is 9.22. The van der Waals surface area contributed by atoms with Crippen molar-refractivity contribution in [1.29, 1.82) is 0 Å².